The summed E-state index contributed by atoms with van der Waals surface area (Å²) in [5.74, 6) is 1.77. The minimum Gasteiger partial charge on any atom is -0.363 e. The highest BCUT2D eigenvalue weighted by atomic mass is 32.1. The molecule has 0 radical (unpaired) electrons. The number of aromatic nitrogens is 2. The molecule has 0 N–H and O–H groups in total. The van der Waals surface area contributed by atoms with Crippen molar-refractivity contribution in [3.63, 3.8) is 0 Å². The number of rotatable bonds is 5. The van der Waals surface area contributed by atoms with Crippen molar-refractivity contribution in [2.45, 2.75) is 32.4 Å². The molecule has 3 heterocycles. The molecule has 1 atom stereocenters. The average molecular weight is 346 g/mol. The molecule has 1 aliphatic heterocycles. The highest BCUT2D eigenvalue weighted by molar-refractivity contribution is 7.10. The van der Waals surface area contributed by atoms with Gasteiger partial charge in [-0.1, -0.05) is 0 Å². The van der Waals surface area contributed by atoms with Gasteiger partial charge in [-0.25, -0.2) is 4.98 Å². The second kappa shape index (κ2) is 7.49. The van der Waals surface area contributed by atoms with Gasteiger partial charge in [-0.3, -0.25) is 4.90 Å². The molecule has 6 heteroatoms. The summed E-state index contributed by atoms with van der Waals surface area (Å²) in [4.78, 5) is 17.5. The molecule has 0 amide bonds. The van der Waals surface area contributed by atoms with E-state index in [0.29, 0.717) is 6.04 Å². The predicted molar refractivity (Wildman–Crippen MR) is 102 cm³/mol. The van der Waals surface area contributed by atoms with Gasteiger partial charge in [0, 0.05) is 51.3 Å². The Bertz CT molecular complexity index is 669. The van der Waals surface area contributed by atoms with Crippen LogP contribution in [0.25, 0.3) is 0 Å². The standard InChI is InChI=1S/C18H27N5S/c1-14-8-11-24-16(14)13-23-10-5-6-15(12-23)22(4)18-19-9-7-17(20-18)21(2)3/h7-9,11,15H,5-6,10,12-13H2,1-4H3. The molecule has 0 aliphatic carbocycles. The van der Waals surface area contributed by atoms with Crippen LogP contribution in [-0.4, -0.2) is 55.1 Å². The van der Waals surface area contributed by atoms with E-state index in [4.69, 9.17) is 0 Å². The Kier molecular flexibility index (Phi) is 5.36. The third kappa shape index (κ3) is 3.87. The van der Waals surface area contributed by atoms with E-state index < -0.39 is 0 Å². The summed E-state index contributed by atoms with van der Waals surface area (Å²) in [5, 5.41) is 2.19. The van der Waals surface area contributed by atoms with E-state index in [9.17, 15) is 0 Å². The fourth-order valence-corrected chi connectivity index (χ4v) is 4.13. The maximum atomic E-state index is 4.69. The third-order valence-electron chi connectivity index (χ3n) is 4.77. The van der Waals surface area contributed by atoms with E-state index in [1.54, 1.807) is 0 Å². The first-order valence-electron chi connectivity index (χ1n) is 8.53. The van der Waals surface area contributed by atoms with E-state index in [2.05, 4.69) is 45.2 Å². The minimum atomic E-state index is 0.469. The monoisotopic (exact) mass is 345 g/mol. The summed E-state index contributed by atoms with van der Waals surface area (Å²) in [5.41, 5.74) is 1.41. The normalized spacial score (nSPS) is 18.6. The number of aryl methyl sites for hydroxylation is 1. The quantitative estimate of drug-likeness (QED) is 0.832. The van der Waals surface area contributed by atoms with Crippen molar-refractivity contribution in [3.8, 4) is 0 Å². The van der Waals surface area contributed by atoms with Crippen LogP contribution in [0, 0.1) is 6.92 Å². The maximum absolute atomic E-state index is 4.69. The molecule has 0 spiro atoms. The SMILES string of the molecule is Cc1ccsc1CN1CCCC(N(C)c2nccc(N(C)C)n2)C1. The number of piperidine rings is 1. The molecule has 2 aromatic heterocycles. The molecule has 0 aromatic carbocycles. The molecular weight excluding hydrogens is 318 g/mol. The Balaban J connectivity index is 1.67. The lowest BCUT2D eigenvalue weighted by molar-refractivity contribution is 0.199. The maximum Gasteiger partial charge on any atom is 0.227 e. The van der Waals surface area contributed by atoms with Crippen LogP contribution in [0.2, 0.25) is 0 Å². The van der Waals surface area contributed by atoms with Gasteiger partial charge in [0.1, 0.15) is 5.82 Å². The van der Waals surface area contributed by atoms with E-state index >= 15 is 0 Å². The smallest absolute Gasteiger partial charge is 0.227 e. The summed E-state index contributed by atoms with van der Waals surface area (Å²) in [7, 11) is 6.15. The lowest BCUT2D eigenvalue weighted by Crippen LogP contribution is -2.46. The Hall–Kier alpha value is -1.66. The van der Waals surface area contributed by atoms with Crippen molar-refractivity contribution in [2.24, 2.45) is 0 Å². The molecule has 5 nitrogen and oxygen atoms in total. The predicted octanol–water partition coefficient (Wildman–Crippen LogP) is 3.01. The number of thiophene rings is 1. The number of anilines is 2. The molecule has 0 saturated carbocycles. The Morgan fingerprint density at radius 1 is 1.29 bits per heavy atom. The molecule has 1 saturated heterocycles. The Labute approximate surface area is 148 Å². The molecule has 3 rings (SSSR count). The molecule has 0 bridgehead atoms. The molecule has 2 aromatic rings. The van der Waals surface area contributed by atoms with E-state index in [-0.39, 0.29) is 0 Å². The van der Waals surface area contributed by atoms with Gasteiger partial charge in [-0.2, -0.15) is 4.98 Å². The van der Waals surface area contributed by atoms with Gasteiger partial charge < -0.3 is 9.80 Å². The average Bonchev–Trinajstić information content (AvgIpc) is 2.99. The fourth-order valence-electron chi connectivity index (χ4n) is 3.18. The molecule has 1 unspecified atom stereocenters. The second-order valence-corrected chi connectivity index (χ2v) is 7.78. The number of hydrogen-bond donors (Lipinski definition) is 0. The summed E-state index contributed by atoms with van der Waals surface area (Å²) in [6, 6.07) is 4.63. The van der Waals surface area contributed by atoms with Crippen LogP contribution >= 0.6 is 11.3 Å². The van der Waals surface area contributed by atoms with Crippen LogP contribution in [-0.2, 0) is 6.54 Å². The summed E-state index contributed by atoms with van der Waals surface area (Å²) in [6.07, 6.45) is 4.28. The summed E-state index contributed by atoms with van der Waals surface area (Å²) >= 11 is 1.87. The van der Waals surface area contributed by atoms with E-state index in [0.717, 1.165) is 24.9 Å². The largest absolute Gasteiger partial charge is 0.363 e. The first-order chi connectivity index (χ1) is 11.5. The molecular formula is C18H27N5S. The Morgan fingerprint density at radius 2 is 2.12 bits per heavy atom. The zero-order valence-corrected chi connectivity index (χ0v) is 15.9. The fraction of sp³-hybridized carbons (Fsp3) is 0.556. The van der Waals surface area contributed by atoms with Gasteiger partial charge >= 0.3 is 0 Å². The van der Waals surface area contributed by atoms with Gasteiger partial charge in [-0.05, 0) is 49.4 Å². The van der Waals surface area contributed by atoms with E-state index in [1.807, 2.05) is 42.6 Å². The van der Waals surface area contributed by atoms with Crippen molar-refractivity contribution in [1.29, 1.82) is 0 Å². The Morgan fingerprint density at radius 3 is 2.83 bits per heavy atom. The van der Waals surface area contributed by atoms with Crippen LogP contribution in [0.5, 0.6) is 0 Å². The zero-order valence-electron chi connectivity index (χ0n) is 15.1. The van der Waals surface area contributed by atoms with Crippen LogP contribution < -0.4 is 9.80 Å². The second-order valence-electron chi connectivity index (χ2n) is 6.78. The van der Waals surface area contributed by atoms with Crippen molar-refractivity contribution >= 4 is 23.1 Å². The highest BCUT2D eigenvalue weighted by Crippen LogP contribution is 2.23. The van der Waals surface area contributed by atoms with Gasteiger partial charge in [0.25, 0.3) is 0 Å². The molecule has 1 aliphatic rings. The summed E-state index contributed by atoms with van der Waals surface area (Å²) < 4.78 is 0. The van der Waals surface area contributed by atoms with Crippen molar-refractivity contribution < 1.29 is 0 Å². The third-order valence-corrected chi connectivity index (χ3v) is 5.77. The van der Waals surface area contributed by atoms with E-state index in [1.165, 1.54) is 29.8 Å². The van der Waals surface area contributed by atoms with Crippen molar-refractivity contribution in [2.75, 3.05) is 44.0 Å². The first-order valence-corrected chi connectivity index (χ1v) is 9.41. The van der Waals surface area contributed by atoms with Crippen LogP contribution in [0.4, 0.5) is 11.8 Å². The number of likely N-dealkylation sites (tertiary alicyclic amines) is 1. The topological polar surface area (TPSA) is 35.5 Å². The van der Waals surface area contributed by atoms with Crippen LogP contribution in [0.3, 0.4) is 0 Å². The van der Waals surface area contributed by atoms with Gasteiger partial charge in [0.05, 0.1) is 0 Å². The van der Waals surface area contributed by atoms with Gasteiger partial charge in [0.15, 0.2) is 0 Å². The van der Waals surface area contributed by atoms with Crippen molar-refractivity contribution in [3.05, 3.63) is 34.2 Å². The number of hydrogen-bond acceptors (Lipinski definition) is 6. The number of nitrogens with zero attached hydrogens (tertiary/aromatic N) is 5. The zero-order chi connectivity index (χ0) is 17.1. The summed E-state index contributed by atoms with van der Waals surface area (Å²) in [6.45, 7) is 5.52. The van der Waals surface area contributed by atoms with Crippen LogP contribution in [0.1, 0.15) is 23.3 Å². The molecule has 24 heavy (non-hydrogen) atoms. The lowest BCUT2D eigenvalue weighted by Gasteiger charge is -2.37. The van der Waals surface area contributed by atoms with Gasteiger partial charge in [-0.15, -0.1) is 11.3 Å². The molecule has 1 fully saturated rings. The van der Waals surface area contributed by atoms with Crippen LogP contribution in [0.15, 0.2) is 23.7 Å². The highest BCUT2D eigenvalue weighted by Gasteiger charge is 2.25. The first kappa shape index (κ1) is 17.2. The lowest BCUT2D eigenvalue weighted by atomic mass is 10.0. The number of likely N-dealkylation sites (N-methyl/N-ethyl adjacent to an activating group) is 1. The minimum absolute atomic E-state index is 0.469. The van der Waals surface area contributed by atoms with Gasteiger partial charge in [0.2, 0.25) is 5.95 Å². The molecule has 130 valence electrons. The van der Waals surface area contributed by atoms with Crippen molar-refractivity contribution in [1.82, 2.24) is 14.9 Å².